The molecule has 7 heteroatoms. The molecule has 30 heavy (non-hydrogen) atoms. The van der Waals surface area contributed by atoms with Gasteiger partial charge in [-0.1, -0.05) is 18.2 Å². The Bertz CT molecular complexity index is 831. The van der Waals surface area contributed by atoms with E-state index in [2.05, 4.69) is 4.90 Å². The molecule has 0 aromatic heterocycles. The van der Waals surface area contributed by atoms with Gasteiger partial charge in [0.05, 0.1) is 12.0 Å². The van der Waals surface area contributed by atoms with E-state index in [0.717, 1.165) is 56.4 Å². The Morgan fingerprint density at radius 3 is 2.63 bits per heavy atom. The second-order valence-corrected chi connectivity index (χ2v) is 8.85. The molecule has 0 unspecified atom stereocenters. The fourth-order valence-electron chi connectivity index (χ4n) is 5.67. The number of fused-ring (bicyclic) bond motifs is 2. The van der Waals surface area contributed by atoms with Crippen LogP contribution in [0.3, 0.4) is 0 Å². The summed E-state index contributed by atoms with van der Waals surface area (Å²) in [6.07, 6.45) is 4.96. The van der Waals surface area contributed by atoms with Crippen LogP contribution in [0.4, 0.5) is 5.69 Å². The Hall–Kier alpha value is -2.41. The summed E-state index contributed by atoms with van der Waals surface area (Å²) in [5.74, 6) is -0.217. The predicted molar refractivity (Wildman–Crippen MR) is 113 cm³/mol. The topological polar surface area (TPSA) is 92.9 Å². The highest BCUT2D eigenvalue weighted by atomic mass is 16.5. The molecule has 0 bridgehead atoms. The molecule has 2 amide bonds. The number of nitrogens with zero attached hydrogens (tertiary/aromatic N) is 2. The molecule has 2 fully saturated rings. The quantitative estimate of drug-likeness (QED) is 0.720. The number of rotatable bonds is 6. The van der Waals surface area contributed by atoms with E-state index in [-0.39, 0.29) is 18.4 Å². The number of para-hydroxylation sites is 1. The Morgan fingerprint density at radius 1 is 1.20 bits per heavy atom. The average molecular weight is 414 g/mol. The lowest BCUT2D eigenvalue weighted by Crippen LogP contribution is -2.48. The third-order valence-corrected chi connectivity index (χ3v) is 7.08. The molecule has 2 heterocycles. The average Bonchev–Trinajstić information content (AvgIpc) is 3.27. The van der Waals surface area contributed by atoms with E-state index in [9.17, 15) is 14.4 Å². The van der Waals surface area contributed by atoms with Gasteiger partial charge in [0.2, 0.25) is 11.8 Å². The number of likely N-dealkylation sites (tertiary alicyclic amines) is 1. The molecule has 2 N–H and O–H groups in total. The van der Waals surface area contributed by atoms with Crippen molar-refractivity contribution in [3.63, 3.8) is 0 Å². The van der Waals surface area contributed by atoms with Crippen LogP contribution in [0.2, 0.25) is 0 Å². The number of nitrogens with two attached hydrogens (primary N) is 1. The largest absolute Gasteiger partial charge is 0.466 e. The third kappa shape index (κ3) is 3.71. The van der Waals surface area contributed by atoms with E-state index >= 15 is 0 Å². The van der Waals surface area contributed by atoms with Gasteiger partial charge in [0.1, 0.15) is 6.54 Å². The summed E-state index contributed by atoms with van der Waals surface area (Å²) in [6, 6.07) is 8.25. The molecule has 162 valence electrons. The molecule has 1 aromatic carbocycles. The molecule has 1 spiro atoms. The summed E-state index contributed by atoms with van der Waals surface area (Å²) in [5.41, 5.74) is 6.74. The summed E-state index contributed by atoms with van der Waals surface area (Å²) in [4.78, 5) is 40.8. The molecule has 0 radical (unpaired) electrons. The number of hydrogen-bond acceptors (Lipinski definition) is 5. The first-order chi connectivity index (χ1) is 14.4. The van der Waals surface area contributed by atoms with Crippen molar-refractivity contribution in [1.29, 1.82) is 0 Å². The van der Waals surface area contributed by atoms with Crippen molar-refractivity contribution in [2.24, 2.45) is 11.7 Å². The van der Waals surface area contributed by atoms with Crippen molar-refractivity contribution in [1.82, 2.24) is 4.90 Å². The lowest BCUT2D eigenvalue weighted by molar-refractivity contribution is -0.144. The summed E-state index contributed by atoms with van der Waals surface area (Å²) in [7, 11) is 0. The van der Waals surface area contributed by atoms with Gasteiger partial charge in [0.15, 0.2) is 0 Å². The molecule has 4 rings (SSSR count). The number of ether oxygens (including phenoxy) is 1. The van der Waals surface area contributed by atoms with E-state index in [1.54, 1.807) is 4.90 Å². The maximum Gasteiger partial charge on any atom is 0.306 e. The summed E-state index contributed by atoms with van der Waals surface area (Å²) < 4.78 is 5.10. The van der Waals surface area contributed by atoms with Crippen LogP contribution in [-0.2, 0) is 24.5 Å². The SMILES string of the molecule is CCOC(=O)C[C@H]1CCN(C2CCC3(CC2)C(=O)N(CC(N)=O)c2ccccc23)C1. The summed E-state index contributed by atoms with van der Waals surface area (Å²) in [6.45, 7) is 4.13. The van der Waals surface area contributed by atoms with Crippen molar-refractivity contribution < 1.29 is 19.1 Å². The minimum atomic E-state index is -0.535. The predicted octanol–water partition coefficient (Wildman–Crippen LogP) is 1.97. The molecule has 2 aliphatic heterocycles. The zero-order valence-corrected chi connectivity index (χ0v) is 17.6. The van der Waals surface area contributed by atoms with Crippen LogP contribution in [0, 0.1) is 5.92 Å². The van der Waals surface area contributed by atoms with Gasteiger partial charge in [-0.25, -0.2) is 0 Å². The van der Waals surface area contributed by atoms with Gasteiger partial charge in [-0.15, -0.1) is 0 Å². The van der Waals surface area contributed by atoms with Gasteiger partial charge in [0, 0.05) is 24.7 Å². The van der Waals surface area contributed by atoms with Gasteiger partial charge < -0.3 is 20.3 Å². The highest BCUT2D eigenvalue weighted by Crippen LogP contribution is 2.50. The first kappa shape index (κ1) is 20.8. The molecule has 1 aliphatic carbocycles. The van der Waals surface area contributed by atoms with E-state index in [4.69, 9.17) is 10.5 Å². The first-order valence-electron chi connectivity index (χ1n) is 11.0. The van der Waals surface area contributed by atoms with Crippen LogP contribution < -0.4 is 10.6 Å². The van der Waals surface area contributed by atoms with Gasteiger partial charge in [0.25, 0.3) is 0 Å². The maximum atomic E-state index is 13.4. The zero-order valence-electron chi connectivity index (χ0n) is 17.6. The van der Waals surface area contributed by atoms with Gasteiger partial charge in [-0.3, -0.25) is 14.4 Å². The fourth-order valence-corrected chi connectivity index (χ4v) is 5.67. The Morgan fingerprint density at radius 2 is 1.93 bits per heavy atom. The minimum absolute atomic E-state index is 0.0163. The van der Waals surface area contributed by atoms with Gasteiger partial charge >= 0.3 is 5.97 Å². The van der Waals surface area contributed by atoms with Crippen molar-refractivity contribution in [2.75, 3.05) is 31.1 Å². The van der Waals surface area contributed by atoms with Crippen molar-refractivity contribution >= 4 is 23.5 Å². The lowest BCUT2D eigenvalue weighted by Gasteiger charge is -2.40. The number of hydrogen-bond donors (Lipinski definition) is 1. The number of carbonyl (C=O) groups excluding carboxylic acids is 3. The molecule has 1 atom stereocenters. The van der Waals surface area contributed by atoms with E-state index < -0.39 is 11.3 Å². The molecular formula is C23H31N3O4. The normalized spacial score (nSPS) is 28.7. The molecule has 1 aromatic rings. The standard InChI is InChI=1S/C23H31N3O4/c1-2-30-21(28)13-16-9-12-25(14-16)17-7-10-23(11-8-17)18-5-3-4-6-19(18)26(22(23)29)15-20(24)27/h3-6,16-17H,2,7-15H2,1H3,(H2,24,27)/t16-,17?,23?/m1/s1. The lowest BCUT2D eigenvalue weighted by atomic mass is 9.68. The van der Waals surface area contributed by atoms with E-state index in [1.165, 1.54) is 0 Å². The number of primary amides is 1. The van der Waals surface area contributed by atoms with Crippen LogP contribution in [0.1, 0.15) is 51.0 Å². The molecule has 1 saturated heterocycles. The van der Waals surface area contributed by atoms with Crippen molar-refractivity contribution in [3.05, 3.63) is 29.8 Å². The maximum absolute atomic E-state index is 13.4. The van der Waals surface area contributed by atoms with Gasteiger partial charge in [-0.05, 0) is 63.1 Å². The van der Waals surface area contributed by atoms with Crippen molar-refractivity contribution in [3.8, 4) is 0 Å². The first-order valence-corrected chi connectivity index (χ1v) is 11.0. The third-order valence-electron chi connectivity index (χ3n) is 7.08. The van der Waals surface area contributed by atoms with Crippen LogP contribution in [0.5, 0.6) is 0 Å². The second-order valence-electron chi connectivity index (χ2n) is 8.85. The number of amides is 2. The van der Waals surface area contributed by atoms with Crippen LogP contribution in [-0.4, -0.2) is 55.0 Å². The molecule has 3 aliphatic rings. The second kappa shape index (κ2) is 8.38. The van der Waals surface area contributed by atoms with Crippen LogP contribution in [0.25, 0.3) is 0 Å². The van der Waals surface area contributed by atoms with Crippen LogP contribution in [0.15, 0.2) is 24.3 Å². The van der Waals surface area contributed by atoms with Crippen LogP contribution >= 0.6 is 0 Å². The number of esters is 1. The number of benzene rings is 1. The molecule has 1 saturated carbocycles. The van der Waals surface area contributed by atoms with Crippen molar-refractivity contribution in [2.45, 2.75) is 56.9 Å². The zero-order chi connectivity index (χ0) is 21.3. The monoisotopic (exact) mass is 413 g/mol. The Kier molecular flexibility index (Phi) is 5.82. The molecular weight excluding hydrogens is 382 g/mol. The summed E-state index contributed by atoms with van der Waals surface area (Å²) in [5, 5.41) is 0. The van der Waals surface area contributed by atoms with E-state index in [0.29, 0.717) is 25.0 Å². The minimum Gasteiger partial charge on any atom is -0.466 e. The smallest absolute Gasteiger partial charge is 0.306 e. The summed E-state index contributed by atoms with van der Waals surface area (Å²) >= 11 is 0. The fraction of sp³-hybridized carbons (Fsp3) is 0.609. The highest BCUT2D eigenvalue weighted by molar-refractivity contribution is 6.10. The number of carbonyl (C=O) groups is 3. The highest BCUT2D eigenvalue weighted by Gasteiger charge is 2.52. The van der Waals surface area contributed by atoms with E-state index in [1.807, 2.05) is 31.2 Å². The molecule has 7 nitrogen and oxygen atoms in total. The number of anilines is 1. The Balaban J connectivity index is 1.42. The van der Waals surface area contributed by atoms with Gasteiger partial charge in [-0.2, -0.15) is 0 Å². The Labute approximate surface area is 177 Å².